The second-order valence-electron chi connectivity index (χ2n) is 10.3. The minimum atomic E-state index is -3.70. The first-order valence-corrected chi connectivity index (χ1v) is 13.5. The van der Waals surface area contributed by atoms with E-state index in [0.29, 0.717) is 16.7 Å². The van der Waals surface area contributed by atoms with E-state index in [0.717, 1.165) is 15.4 Å². The predicted octanol–water partition coefficient (Wildman–Crippen LogP) is 5.32. The molecule has 2 aromatic rings. The van der Waals surface area contributed by atoms with Crippen LogP contribution in [0.5, 0.6) is 0 Å². The van der Waals surface area contributed by atoms with E-state index < -0.39 is 39.4 Å². The molecule has 2 N–H and O–H groups in total. The van der Waals surface area contributed by atoms with Crippen molar-refractivity contribution in [1.82, 2.24) is 9.62 Å². The van der Waals surface area contributed by atoms with Gasteiger partial charge in [-0.25, -0.2) is 26.7 Å². The van der Waals surface area contributed by atoms with Gasteiger partial charge in [-0.2, -0.15) is 0 Å². The Labute approximate surface area is 222 Å². The molecule has 0 aliphatic heterocycles. The summed E-state index contributed by atoms with van der Waals surface area (Å²) in [6.45, 7) is 6.97. The first-order chi connectivity index (χ1) is 17.6. The molecule has 10 heteroatoms. The van der Waals surface area contributed by atoms with Crippen LogP contribution in [0.2, 0.25) is 0 Å². The first kappa shape index (κ1) is 29.1. The lowest BCUT2D eigenvalue weighted by Crippen LogP contribution is -2.32. The number of hydrogen-bond acceptors (Lipinski definition) is 5. The van der Waals surface area contributed by atoms with E-state index in [4.69, 9.17) is 4.74 Å². The predicted molar refractivity (Wildman–Crippen MR) is 143 cm³/mol. The van der Waals surface area contributed by atoms with Crippen molar-refractivity contribution in [2.24, 2.45) is 0 Å². The SMILES string of the molecule is CC1=C(c2cccc(S(=O)(=O)N(C)C)c2)c2cc(C(=O)O)ccc2C1C/C(F)=C/CNC(=O)OC(C)(C)C. The van der Waals surface area contributed by atoms with Gasteiger partial charge < -0.3 is 15.2 Å². The maximum Gasteiger partial charge on any atom is 0.407 e. The van der Waals surface area contributed by atoms with Crippen molar-refractivity contribution in [1.29, 1.82) is 0 Å². The Morgan fingerprint density at radius 1 is 1.16 bits per heavy atom. The average molecular weight is 545 g/mol. The molecule has 3 rings (SSSR count). The normalized spacial score (nSPS) is 16.0. The second kappa shape index (κ2) is 11.1. The van der Waals surface area contributed by atoms with Gasteiger partial charge in [-0.3, -0.25) is 0 Å². The van der Waals surface area contributed by atoms with Crippen molar-refractivity contribution in [3.63, 3.8) is 0 Å². The third-order valence-electron chi connectivity index (χ3n) is 6.13. The zero-order chi connectivity index (χ0) is 28.4. The smallest absolute Gasteiger partial charge is 0.407 e. The number of halogens is 1. The molecule has 8 nitrogen and oxygen atoms in total. The molecule has 0 saturated carbocycles. The maximum atomic E-state index is 15.0. The molecule has 0 bridgehead atoms. The lowest BCUT2D eigenvalue weighted by Gasteiger charge is -2.19. The van der Waals surface area contributed by atoms with Crippen LogP contribution in [0.3, 0.4) is 0 Å². The summed E-state index contributed by atoms with van der Waals surface area (Å²) >= 11 is 0. The van der Waals surface area contributed by atoms with Crippen LogP contribution in [0.4, 0.5) is 9.18 Å². The van der Waals surface area contributed by atoms with Crippen molar-refractivity contribution in [3.8, 4) is 0 Å². The number of nitrogens with one attached hydrogen (secondary N) is 1. The van der Waals surface area contributed by atoms with Crippen LogP contribution in [0.1, 0.15) is 67.1 Å². The molecule has 0 aromatic heterocycles. The number of sulfonamides is 1. The van der Waals surface area contributed by atoms with Gasteiger partial charge in [0.2, 0.25) is 10.0 Å². The molecule has 1 amide bonds. The highest BCUT2D eigenvalue weighted by molar-refractivity contribution is 7.89. The van der Waals surface area contributed by atoms with Crippen LogP contribution < -0.4 is 5.32 Å². The van der Waals surface area contributed by atoms with Crippen molar-refractivity contribution in [3.05, 3.63) is 82.2 Å². The van der Waals surface area contributed by atoms with E-state index in [1.165, 1.54) is 38.4 Å². The second-order valence-corrected chi connectivity index (χ2v) is 12.4. The molecule has 0 fully saturated rings. The number of allylic oxidation sites excluding steroid dienone is 2. The summed E-state index contributed by atoms with van der Waals surface area (Å²) in [4.78, 5) is 23.6. The number of hydrogen-bond donors (Lipinski definition) is 2. The minimum Gasteiger partial charge on any atom is -0.478 e. The molecule has 1 atom stereocenters. The molecule has 1 unspecified atom stereocenters. The van der Waals surface area contributed by atoms with E-state index in [2.05, 4.69) is 5.32 Å². The summed E-state index contributed by atoms with van der Waals surface area (Å²) in [5.74, 6) is -1.96. The molecule has 0 heterocycles. The Kier molecular flexibility index (Phi) is 8.48. The van der Waals surface area contributed by atoms with Gasteiger partial charge in [-0.15, -0.1) is 0 Å². The summed E-state index contributed by atoms with van der Waals surface area (Å²) in [5, 5.41) is 12.1. The monoisotopic (exact) mass is 544 g/mol. The highest BCUT2D eigenvalue weighted by Gasteiger charge is 2.32. The Morgan fingerprint density at radius 2 is 1.84 bits per heavy atom. The van der Waals surface area contributed by atoms with Crippen LogP contribution in [0.15, 0.2) is 64.8 Å². The Bertz CT molecular complexity index is 1420. The van der Waals surface area contributed by atoms with E-state index in [1.54, 1.807) is 45.0 Å². The number of carboxylic acids is 1. The fraction of sp³-hybridized carbons (Fsp3) is 0.357. The lowest BCUT2D eigenvalue weighted by atomic mass is 9.92. The van der Waals surface area contributed by atoms with Crippen LogP contribution in [0, 0.1) is 0 Å². The molecule has 2 aromatic carbocycles. The number of alkyl carbamates (subject to hydrolysis) is 1. The van der Waals surface area contributed by atoms with Gasteiger partial charge in [0.25, 0.3) is 0 Å². The number of aromatic carboxylic acids is 1. The van der Waals surface area contributed by atoms with Crippen molar-refractivity contribution >= 4 is 27.7 Å². The van der Waals surface area contributed by atoms with Gasteiger partial charge in [-0.05, 0) is 80.3 Å². The van der Waals surface area contributed by atoms with Crippen molar-refractivity contribution in [2.75, 3.05) is 20.6 Å². The number of amides is 1. The number of carbonyl (C=O) groups excluding carboxylic acids is 1. The molecular formula is C28H33FN2O6S. The fourth-order valence-electron chi connectivity index (χ4n) is 4.34. The van der Waals surface area contributed by atoms with Gasteiger partial charge in [0, 0.05) is 33.0 Å². The third-order valence-corrected chi connectivity index (χ3v) is 7.94. The average Bonchev–Trinajstić information content (AvgIpc) is 3.08. The molecule has 0 spiro atoms. The Balaban J connectivity index is 1.98. The topological polar surface area (TPSA) is 113 Å². The van der Waals surface area contributed by atoms with Crippen LogP contribution in [-0.2, 0) is 14.8 Å². The Morgan fingerprint density at radius 3 is 2.45 bits per heavy atom. The number of benzene rings is 2. The summed E-state index contributed by atoms with van der Waals surface area (Å²) in [6, 6.07) is 11.1. The number of carboxylic acid groups (broad SMARTS) is 1. The molecule has 0 radical (unpaired) electrons. The number of carbonyl (C=O) groups is 2. The highest BCUT2D eigenvalue weighted by Crippen LogP contribution is 2.48. The summed E-state index contributed by atoms with van der Waals surface area (Å²) < 4.78 is 46.8. The zero-order valence-electron chi connectivity index (χ0n) is 22.3. The van der Waals surface area contributed by atoms with Crippen LogP contribution in [0.25, 0.3) is 5.57 Å². The standard InChI is InChI=1S/C28H33FN2O6S/c1-17-23(16-20(29)12-13-30-27(34)37-28(2,3)4)22-11-10-19(26(32)33)15-24(22)25(17)18-8-7-9-21(14-18)38(35,36)31(5)6/h7-12,14-15,23H,13,16H2,1-6H3,(H,30,34)(H,32,33)/b20-12-. The van der Waals surface area contributed by atoms with Gasteiger partial charge in [-0.1, -0.05) is 23.8 Å². The van der Waals surface area contributed by atoms with Crippen molar-refractivity contribution < 1.29 is 32.2 Å². The largest absolute Gasteiger partial charge is 0.478 e. The van der Waals surface area contributed by atoms with Gasteiger partial charge in [0.05, 0.1) is 16.3 Å². The first-order valence-electron chi connectivity index (χ1n) is 12.0. The number of rotatable bonds is 8. The van der Waals surface area contributed by atoms with E-state index >= 15 is 4.39 Å². The molecule has 1 aliphatic rings. The zero-order valence-corrected chi connectivity index (χ0v) is 23.1. The van der Waals surface area contributed by atoms with Crippen LogP contribution >= 0.6 is 0 Å². The Hall–Kier alpha value is -3.50. The van der Waals surface area contributed by atoms with E-state index in [-0.39, 0.29) is 23.4 Å². The molecule has 1 aliphatic carbocycles. The quantitative estimate of drug-likeness (QED) is 0.465. The van der Waals surface area contributed by atoms with Gasteiger partial charge in [0.1, 0.15) is 5.60 Å². The fourth-order valence-corrected chi connectivity index (χ4v) is 5.28. The number of ether oxygens (including phenoxy) is 1. The number of nitrogens with zero attached hydrogens (tertiary/aromatic N) is 1. The van der Waals surface area contributed by atoms with Crippen LogP contribution in [-0.4, -0.2) is 56.1 Å². The maximum absolute atomic E-state index is 15.0. The van der Waals surface area contributed by atoms with Gasteiger partial charge >= 0.3 is 12.1 Å². The summed E-state index contributed by atoms with van der Waals surface area (Å²) in [5.41, 5.74) is 2.81. The van der Waals surface area contributed by atoms with Gasteiger partial charge in [0.15, 0.2) is 0 Å². The third kappa shape index (κ3) is 6.49. The molecule has 38 heavy (non-hydrogen) atoms. The van der Waals surface area contributed by atoms with Crippen molar-refractivity contribution in [2.45, 2.75) is 50.5 Å². The summed E-state index contributed by atoms with van der Waals surface area (Å²) in [6.07, 6.45) is 0.602. The molecule has 0 saturated heterocycles. The molecule has 204 valence electrons. The molecular weight excluding hydrogens is 511 g/mol. The minimum absolute atomic E-state index is 0.0135. The van der Waals surface area contributed by atoms with E-state index in [1.807, 2.05) is 6.92 Å². The van der Waals surface area contributed by atoms with E-state index in [9.17, 15) is 23.1 Å². The highest BCUT2D eigenvalue weighted by atomic mass is 32.2. The summed E-state index contributed by atoms with van der Waals surface area (Å²) in [7, 11) is -0.816. The number of fused-ring (bicyclic) bond motifs is 1. The lowest BCUT2D eigenvalue weighted by molar-refractivity contribution is 0.0533.